The van der Waals surface area contributed by atoms with Gasteiger partial charge in [0.1, 0.15) is 16.3 Å². The van der Waals surface area contributed by atoms with Gasteiger partial charge in [-0.25, -0.2) is 17.6 Å². The molecular formula is C17H14BrClFNO6S. The van der Waals surface area contributed by atoms with E-state index in [1.165, 1.54) is 6.07 Å². The Labute approximate surface area is 173 Å². The van der Waals surface area contributed by atoms with E-state index in [0.29, 0.717) is 12.8 Å². The number of ether oxygens (including phenoxy) is 1. The number of aromatic hydroxyl groups is 2. The summed E-state index contributed by atoms with van der Waals surface area (Å²) < 4.78 is 47.0. The smallest absolute Gasteiger partial charge is 0.344 e. The first kappa shape index (κ1) is 20.7. The largest absolute Gasteiger partial charge is 0.505 e. The third kappa shape index (κ3) is 3.76. The summed E-state index contributed by atoms with van der Waals surface area (Å²) in [6.45, 7) is 0. The summed E-state index contributed by atoms with van der Waals surface area (Å²) in [5, 5.41) is 20.1. The van der Waals surface area contributed by atoms with E-state index < -0.39 is 49.5 Å². The zero-order valence-electron chi connectivity index (χ0n) is 14.3. The summed E-state index contributed by atoms with van der Waals surface area (Å²) in [4.78, 5) is 11.4. The lowest BCUT2D eigenvalue weighted by Crippen LogP contribution is -2.16. The number of phenolic OH excluding ortho intramolecular Hbond substituents is 2. The topological polar surface area (TPSA) is 113 Å². The highest BCUT2D eigenvalue weighted by atomic mass is 79.9. The number of sulfonamides is 1. The fraction of sp³-hybridized carbons (Fsp3) is 0.235. The lowest BCUT2D eigenvalue weighted by molar-refractivity contribution is 0.0591. The van der Waals surface area contributed by atoms with Crippen molar-refractivity contribution in [3.63, 3.8) is 0 Å². The van der Waals surface area contributed by atoms with Crippen LogP contribution in [-0.4, -0.2) is 31.7 Å². The highest BCUT2D eigenvalue weighted by molar-refractivity contribution is 9.10. The molecule has 0 unspecified atom stereocenters. The maximum absolute atomic E-state index is 14.7. The van der Waals surface area contributed by atoms with Gasteiger partial charge in [0, 0.05) is 4.47 Å². The lowest BCUT2D eigenvalue weighted by atomic mass is 10.0. The second-order valence-corrected chi connectivity index (χ2v) is 9.13. The van der Waals surface area contributed by atoms with Crippen LogP contribution >= 0.6 is 27.5 Å². The number of rotatable bonds is 5. The highest BCUT2D eigenvalue weighted by Gasteiger charge is 2.34. The Morgan fingerprint density at radius 3 is 2.50 bits per heavy atom. The summed E-state index contributed by atoms with van der Waals surface area (Å²) in [7, 11) is -3.43. The van der Waals surface area contributed by atoms with Crippen molar-refractivity contribution in [1.82, 2.24) is 0 Å². The molecule has 0 atom stereocenters. The molecule has 1 fully saturated rings. The van der Waals surface area contributed by atoms with E-state index in [1.807, 2.05) is 0 Å². The van der Waals surface area contributed by atoms with Gasteiger partial charge in [-0.3, -0.25) is 4.72 Å². The Morgan fingerprint density at radius 2 is 1.93 bits per heavy atom. The Morgan fingerprint density at radius 1 is 1.29 bits per heavy atom. The molecule has 0 aromatic heterocycles. The van der Waals surface area contributed by atoms with Crippen LogP contribution in [0.3, 0.4) is 0 Å². The van der Waals surface area contributed by atoms with Gasteiger partial charge < -0.3 is 14.9 Å². The third-order valence-corrected chi connectivity index (χ3v) is 6.32. The van der Waals surface area contributed by atoms with Gasteiger partial charge in [0.15, 0.2) is 11.5 Å². The molecule has 28 heavy (non-hydrogen) atoms. The van der Waals surface area contributed by atoms with Crippen molar-refractivity contribution in [2.45, 2.75) is 23.7 Å². The monoisotopic (exact) mass is 493 g/mol. The summed E-state index contributed by atoms with van der Waals surface area (Å²) in [5.74, 6) is -3.91. The first-order valence-corrected chi connectivity index (χ1v) is 10.6. The minimum atomic E-state index is -4.44. The van der Waals surface area contributed by atoms with Gasteiger partial charge in [0.05, 0.1) is 17.8 Å². The van der Waals surface area contributed by atoms with Crippen molar-refractivity contribution in [2.24, 2.45) is 0 Å². The average molecular weight is 495 g/mol. The molecule has 2 aromatic rings. The van der Waals surface area contributed by atoms with Crippen LogP contribution < -0.4 is 4.72 Å². The van der Waals surface area contributed by atoms with E-state index in [-0.39, 0.29) is 21.0 Å². The molecule has 7 nitrogen and oxygen atoms in total. The number of carbonyl (C=O) groups is 1. The molecule has 0 bridgehead atoms. The molecule has 0 radical (unpaired) electrons. The number of hydrogen-bond donors (Lipinski definition) is 3. The maximum Gasteiger partial charge on any atom is 0.344 e. The first-order valence-electron chi connectivity index (χ1n) is 7.91. The average Bonchev–Trinajstić information content (AvgIpc) is 3.45. The van der Waals surface area contributed by atoms with Crippen LogP contribution in [0, 0.1) is 5.82 Å². The Balaban J connectivity index is 2.14. The first-order chi connectivity index (χ1) is 13.1. The molecule has 0 heterocycles. The minimum Gasteiger partial charge on any atom is -0.505 e. The van der Waals surface area contributed by atoms with Gasteiger partial charge in [-0.15, -0.1) is 0 Å². The standard InChI is InChI=1S/C17H14BrClFNO6S/c1-27-17(24)13-14(20)9(7-2-3-7)6-11(16(13)23)21-28(25,26)12-5-8(18)4-10(19)15(12)22/h4-7,21-23H,2-3H2,1H3. The number of hydrogen-bond acceptors (Lipinski definition) is 6. The van der Waals surface area contributed by atoms with Crippen molar-refractivity contribution in [3.05, 3.63) is 44.6 Å². The predicted octanol–water partition coefficient (Wildman–Crippen LogP) is 4.12. The Kier molecular flexibility index (Phi) is 5.48. The predicted molar refractivity (Wildman–Crippen MR) is 103 cm³/mol. The number of esters is 1. The SMILES string of the molecule is COC(=O)c1c(O)c(NS(=O)(=O)c2cc(Br)cc(Cl)c2O)cc(C2CC2)c1F. The molecule has 0 aliphatic heterocycles. The van der Waals surface area contributed by atoms with Crippen LogP contribution in [-0.2, 0) is 14.8 Å². The Bertz CT molecular complexity index is 1090. The number of phenols is 2. The van der Waals surface area contributed by atoms with E-state index in [2.05, 4.69) is 25.4 Å². The van der Waals surface area contributed by atoms with Crippen molar-refractivity contribution in [1.29, 1.82) is 0 Å². The van der Waals surface area contributed by atoms with Gasteiger partial charge in [-0.2, -0.15) is 0 Å². The molecule has 0 amide bonds. The quantitative estimate of drug-likeness (QED) is 0.426. The van der Waals surface area contributed by atoms with Crippen LogP contribution in [0.25, 0.3) is 0 Å². The number of benzene rings is 2. The van der Waals surface area contributed by atoms with Crippen LogP contribution in [0.4, 0.5) is 10.1 Å². The molecule has 0 saturated heterocycles. The van der Waals surface area contributed by atoms with E-state index in [4.69, 9.17) is 11.6 Å². The van der Waals surface area contributed by atoms with Gasteiger partial charge in [-0.1, -0.05) is 27.5 Å². The minimum absolute atomic E-state index is 0.0902. The molecule has 3 rings (SSSR count). The fourth-order valence-electron chi connectivity index (χ4n) is 2.67. The summed E-state index contributed by atoms with van der Waals surface area (Å²) in [5.41, 5.74) is -1.09. The van der Waals surface area contributed by atoms with Gasteiger partial charge >= 0.3 is 5.97 Å². The molecule has 3 N–H and O–H groups in total. The van der Waals surface area contributed by atoms with Crippen LogP contribution in [0.5, 0.6) is 11.5 Å². The van der Waals surface area contributed by atoms with Crippen LogP contribution in [0.1, 0.15) is 34.7 Å². The number of halogens is 3. The van der Waals surface area contributed by atoms with Gasteiger partial charge in [-0.05, 0) is 42.5 Å². The van der Waals surface area contributed by atoms with Gasteiger partial charge in [0.25, 0.3) is 10.0 Å². The Hall–Kier alpha value is -2.04. The van der Waals surface area contributed by atoms with E-state index in [1.54, 1.807) is 0 Å². The van der Waals surface area contributed by atoms with Crippen molar-refractivity contribution < 1.29 is 32.6 Å². The van der Waals surface area contributed by atoms with Crippen LogP contribution in [0.15, 0.2) is 27.6 Å². The van der Waals surface area contributed by atoms with Crippen molar-refractivity contribution >= 4 is 49.2 Å². The van der Waals surface area contributed by atoms with E-state index >= 15 is 0 Å². The molecule has 1 aliphatic carbocycles. The van der Waals surface area contributed by atoms with E-state index in [0.717, 1.165) is 19.2 Å². The van der Waals surface area contributed by atoms with Crippen molar-refractivity contribution in [2.75, 3.05) is 11.8 Å². The maximum atomic E-state index is 14.7. The molecule has 150 valence electrons. The lowest BCUT2D eigenvalue weighted by Gasteiger charge is -2.16. The fourth-order valence-corrected chi connectivity index (χ4v) is 4.89. The molecule has 1 aliphatic rings. The number of nitrogens with one attached hydrogen (secondary N) is 1. The van der Waals surface area contributed by atoms with Crippen LogP contribution in [0.2, 0.25) is 5.02 Å². The van der Waals surface area contributed by atoms with Crippen molar-refractivity contribution in [3.8, 4) is 11.5 Å². The molecule has 2 aromatic carbocycles. The summed E-state index contributed by atoms with van der Waals surface area (Å²) in [6.07, 6.45) is 1.33. The zero-order valence-corrected chi connectivity index (χ0v) is 17.5. The molecule has 1 saturated carbocycles. The summed E-state index contributed by atoms with van der Waals surface area (Å²) >= 11 is 8.89. The second kappa shape index (κ2) is 7.41. The summed E-state index contributed by atoms with van der Waals surface area (Å²) in [6, 6.07) is 3.53. The highest BCUT2D eigenvalue weighted by Crippen LogP contribution is 2.46. The number of anilines is 1. The molecular weight excluding hydrogens is 481 g/mol. The third-order valence-electron chi connectivity index (χ3n) is 4.20. The molecule has 11 heteroatoms. The normalized spacial score (nSPS) is 14.0. The second-order valence-electron chi connectivity index (χ2n) is 6.16. The van der Waals surface area contributed by atoms with Gasteiger partial charge in [0.2, 0.25) is 0 Å². The zero-order chi connectivity index (χ0) is 20.8. The molecule has 0 spiro atoms. The van der Waals surface area contributed by atoms with E-state index in [9.17, 15) is 27.8 Å². The number of carbonyl (C=O) groups excluding carboxylic acids is 1. The number of methoxy groups -OCH3 is 1.